The zero-order chi connectivity index (χ0) is 19.5. The van der Waals surface area contributed by atoms with E-state index in [1.807, 2.05) is 42.1 Å². The molecule has 3 aromatic rings. The van der Waals surface area contributed by atoms with E-state index in [-0.39, 0.29) is 11.9 Å². The number of carbonyl (C=O) groups is 1. The highest BCUT2D eigenvalue weighted by Crippen LogP contribution is 2.20. The molecule has 0 aliphatic heterocycles. The molecule has 0 radical (unpaired) electrons. The summed E-state index contributed by atoms with van der Waals surface area (Å²) >= 11 is 0. The van der Waals surface area contributed by atoms with E-state index in [9.17, 15) is 9.90 Å². The number of amides is 1. The van der Waals surface area contributed by atoms with E-state index in [1.54, 1.807) is 12.4 Å². The van der Waals surface area contributed by atoms with Gasteiger partial charge in [0.25, 0.3) is 5.91 Å². The van der Waals surface area contributed by atoms with Crippen molar-refractivity contribution in [2.45, 2.75) is 44.8 Å². The van der Waals surface area contributed by atoms with E-state index in [4.69, 9.17) is 0 Å². The highest BCUT2D eigenvalue weighted by atomic mass is 16.3. The molecule has 1 amide bonds. The maximum Gasteiger partial charge on any atom is 0.270 e. The Morgan fingerprint density at radius 3 is 2.79 bits per heavy atom. The van der Waals surface area contributed by atoms with Crippen LogP contribution >= 0.6 is 0 Å². The van der Waals surface area contributed by atoms with Gasteiger partial charge in [-0.3, -0.25) is 9.78 Å². The summed E-state index contributed by atoms with van der Waals surface area (Å²) in [5.41, 5.74) is 4.68. The number of hydrogen-bond acceptors (Lipinski definition) is 4. The van der Waals surface area contributed by atoms with Crippen LogP contribution in [-0.2, 0) is 6.42 Å². The maximum atomic E-state index is 12.5. The molecule has 1 aromatic carbocycles. The Hall–Kier alpha value is -2.99. The van der Waals surface area contributed by atoms with E-state index in [2.05, 4.69) is 27.5 Å². The van der Waals surface area contributed by atoms with Gasteiger partial charge in [-0.25, -0.2) is 4.68 Å². The first kappa shape index (κ1) is 18.4. The van der Waals surface area contributed by atoms with Crippen molar-refractivity contribution >= 4 is 5.91 Å². The molecule has 0 unspecified atom stereocenters. The molecule has 6 heteroatoms. The number of pyridine rings is 1. The Labute approximate surface area is 164 Å². The summed E-state index contributed by atoms with van der Waals surface area (Å²) in [6, 6.07) is 11.8. The first-order valence-electron chi connectivity index (χ1n) is 9.63. The average Bonchev–Trinajstić information content (AvgIpc) is 3.37. The third kappa shape index (κ3) is 3.97. The lowest BCUT2D eigenvalue weighted by Crippen LogP contribution is -2.40. The fourth-order valence-electron chi connectivity index (χ4n) is 3.64. The van der Waals surface area contributed by atoms with Crippen molar-refractivity contribution in [1.29, 1.82) is 0 Å². The van der Waals surface area contributed by atoms with Gasteiger partial charge in [-0.05, 0) is 73.6 Å². The number of nitrogens with one attached hydrogen (secondary N) is 1. The highest BCUT2D eigenvalue weighted by molar-refractivity contribution is 5.92. The van der Waals surface area contributed by atoms with Crippen LogP contribution in [0.3, 0.4) is 0 Å². The predicted octanol–water partition coefficient (Wildman–Crippen LogP) is 2.81. The number of benzene rings is 1. The van der Waals surface area contributed by atoms with Crippen molar-refractivity contribution in [2.75, 3.05) is 0 Å². The van der Waals surface area contributed by atoms with Crippen LogP contribution in [0.2, 0.25) is 0 Å². The normalized spacial score (nSPS) is 18.9. The molecule has 2 atom stereocenters. The van der Waals surface area contributed by atoms with Crippen molar-refractivity contribution < 1.29 is 9.90 Å². The summed E-state index contributed by atoms with van der Waals surface area (Å²) in [6.45, 7) is 2.00. The van der Waals surface area contributed by atoms with Crippen LogP contribution in [-0.4, -0.2) is 37.9 Å². The van der Waals surface area contributed by atoms with Gasteiger partial charge in [0.15, 0.2) is 0 Å². The summed E-state index contributed by atoms with van der Waals surface area (Å²) in [6.07, 6.45) is 8.17. The molecule has 0 saturated heterocycles. The summed E-state index contributed by atoms with van der Waals surface area (Å²) < 4.78 is 1.82. The third-order valence-corrected chi connectivity index (χ3v) is 5.34. The van der Waals surface area contributed by atoms with E-state index in [0.717, 1.165) is 48.1 Å². The van der Waals surface area contributed by atoms with Crippen LogP contribution < -0.4 is 5.32 Å². The largest absolute Gasteiger partial charge is 0.391 e. The SMILES string of the molecule is Cc1cnc(C(=O)N[C@@H]2CCC[C@@H]2O)cc1Cc1ccc(-n2cccn2)cc1. The van der Waals surface area contributed by atoms with E-state index in [0.29, 0.717) is 5.69 Å². The first-order valence-corrected chi connectivity index (χ1v) is 9.63. The van der Waals surface area contributed by atoms with Crippen LogP contribution in [0, 0.1) is 6.92 Å². The molecule has 1 fully saturated rings. The molecule has 0 spiro atoms. The fraction of sp³-hybridized carbons (Fsp3) is 0.318. The van der Waals surface area contributed by atoms with E-state index >= 15 is 0 Å². The molecule has 0 bridgehead atoms. The van der Waals surface area contributed by atoms with Gasteiger partial charge in [-0.1, -0.05) is 12.1 Å². The zero-order valence-corrected chi connectivity index (χ0v) is 15.9. The third-order valence-electron chi connectivity index (χ3n) is 5.34. The fourth-order valence-corrected chi connectivity index (χ4v) is 3.64. The lowest BCUT2D eigenvalue weighted by molar-refractivity contribution is 0.0868. The number of hydrogen-bond donors (Lipinski definition) is 2. The Morgan fingerprint density at radius 2 is 2.11 bits per heavy atom. The maximum absolute atomic E-state index is 12.5. The van der Waals surface area contributed by atoms with Gasteiger partial charge in [0.05, 0.1) is 17.8 Å². The zero-order valence-electron chi connectivity index (χ0n) is 15.9. The van der Waals surface area contributed by atoms with Gasteiger partial charge >= 0.3 is 0 Å². The lowest BCUT2D eigenvalue weighted by Gasteiger charge is -2.16. The van der Waals surface area contributed by atoms with Gasteiger partial charge in [0, 0.05) is 18.6 Å². The Bertz CT molecular complexity index is 951. The Morgan fingerprint density at radius 1 is 1.29 bits per heavy atom. The first-order chi connectivity index (χ1) is 13.6. The quantitative estimate of drug-likeness (QED) is 0.718. The number of carbonyl (C=O) groups excluding carboxylic acids is 1. The monoisotopic (exact) mass is 376 g/mol. The number of aryl methyl sites for hydroxylation is 1. The van der Waals surface area contributed by atoms with Crippen LogP contribution in [0.15, 0.2) is 55.0 Å². The minimum absolute atomic E-state index is 0.172. The number of aromatic nitrogens is 3. The van der Waals surface area contributed by atoms with Crippen LogP contribution in [0.25, 0.3) is 5.69 Å². The molecule has 4 rings (SSSR count). The van der Waals surface area contributed by atoms with Gasteiger partial charge in [-0.2, -0.15) is 5.10 Å². The minimum atomic E-state index is -0.456. The summed E-state index contributed by atoms with van der Waals surface area (Å²) in [5.74, 6) is -0.221. The molecule has 2 heterocycles. The van der Waals surface area contributed by atoms with Gasteiger partial charge in [0.2, 0.25) is 0 Å². The highest BCUT2D eigenvalue weighted by Gasteiger charge is 2.27. The summed E-state index contributed by atoms with van der Waals surface area (Å²) in [4.78, 5) is 16.8. The molecule has 1 aliphatic carbocycles. The van der Waals surface area contributed by atoms with E-state index < -0.39 is 6.10 Å². The molecule has 1 aliphatic rings. The minimum Gasteiger partial charge on any atom is -0.391 e. The molecular weight excluding hydrogens is 352 g/mol. The van der Waals surface area contributed by atoms with Crippen molar-refractivity contribution in [3.63, 3.8) is 0 Å². The van der Waals surface area contributed by atoms with Crippen LogP contribution in [0.4, 0.5) is 0 Å². The molecule has 6 nitrogen and oxygen atoms in total. The van der Waals surface area contributed by atoms with Crippen molar-refractivity contribution in [2.24, 2.45) is 0 Å². The van der Waals surface area contributed by atoms with Crippen molar-refractivity contribution in [3.8, 4) is 5.69 Å². The van der Waals surface area contributed by atoms with Gasteiger partial charge < -0.3 is 10.4 Å². The lowest BCUT2D eigenvalue weighted by atomic mass is 10.0. The molecular formula is C22H24N4O2. The van der Waals surface area contributed by atoms with Gasteiger partial charge in [-0.15, -0.1) is 0 Å². The van der Waals surface area contributed by atoms with Crippen molar-refractivity contribution in [3.05, 3.63) is 77.4 Å². The predicted molar refractivity (Wildman–Crippen MR) is 106 cm³/mol. The van der Waals surface area contributed by atoms with Crippen LogP contribution in [0.1, 0.15) is 46.4 Å². The van der Waals surface area contributed by atoms with Crippen molar-refractivity contribution in [1.82, 2.24) is 20.1 Å². The van der Waals surface area contributed by atoms with Gasteiger partial charge in [0.1, 0.15) is 5.69 Å². The number of rotatable bonds is 5. The smallest absolute Gasteiger partial charge is 0.270 e. The average molecular weight is 376 g/mol. The Kier molecular flexibility index (Phi) is 5.21. The molecule has 2 N–H and O–H groups in total. The second kappa shape index (κ2) is 7.94. The number of aliphatic hydroxyl groups excluding tert-OH is 1. The summed E-state index contributed by atoms with van der Waals surface area (Å²) in [7, 11) is 0. The Balaban J connectivity index is 1.48. The van der Waals surface area contributed by atoms with E-state index in [1.165, 1.54) is 0 Å². The number of nitrogens with zero attached hydrogens (tertiary/aromatic N) is 3. The second-order valence-electron chi connectivity index (χ2n) is 7.37. The molecule has 144 valence electrons. The topological polar surface area (TPSA) is 80.0 Å². The van der Waals surface area contributed by atoms with Crippen LogP contribution in [0.5, 0.6) is 0 Å². The molecule has 2 aromatic heterocycles. The summed E-state index contributed by atoms with van der Waals surface area (Å²) in [5, 5.41) is 17.1. The molecule has 1 saturated carbocycles. The number of aliphatic hydroxyl groups is 1. The standard InChI is InChI=1S/C22H24N4O2/c1-15-14-23-20(22(28)25-19-4-2-5-21(19)27)13-17(15)12-16-6-8-18(9-7-16)26-11-3-10-24-26/h3,6-11,13-14,19,21,27H,2,4-5,12H2,1H3,(H,25,28)/t19-,21+/m1/s1. The second-order valence-corrected chi connectivity index (χ2v) is 7.37. The molecule has 28 heavy (non-hydrogen) atoms.